The highest BCUT2D eigenvalue weighted by Crippen LogP contribution is 2.32. The lowest BCUT2D eigenvalue weighted by molar-refractivity contribution is 0.0242. The molecule has 7 heteroatoms. The molecule has 5 nitrogen and oxygen atoms in total. The molecule has 2 aliphatic rings. The Morgan fingerprint density at radius 3 is 2.54 bits per heavy atom. The lowest BCUT2D eigenvalue weighted by Gasteiger charge is -2.44. The first-order valence-corrected chi connectivity index (χ1v) is 13.2. The second-order valence-corrected chi connectivity index (χ2v) is 10.7. The van der Waals surface area contributed by atoms with Gasteiger partial charge in [0.25, 0.3) is 5.91 Å². The van der Waals surface area contributed by atoms with Crippen LogP contribution in [0.1, 0.15) is 35.2 Å². The van der Waals surface area contributed by atoms with Crippen LogP contribution in [0.2, 0.25) is 10.0 Å². The van der Waals surface area contributed by atoms with E-state index in [1.54, 1.807) is 6.20 Å². The Morgan fingerprint density at radius 1 is 0.971 bits per heavy atom. The van der Waals surface area contributed by atoms with Gasteiger partial charge in [0.1, 0.15) is 0 Å². The van der Waals surface area contributed by atoms with Gasteiger partial charge in [-0.1, -0.05) is 47.5 Å². The third-order valence-corrected chi connectivity index (χ3v) is 8.51. The van der Waals surface area contributed by atoms with Crippen LogP contribution in [0.5, 0.6) is 0 Å². The van der Waals surface area contributed by atoms with E-state index in [1.165, 1.54) is 5.56 Å². The minimum atomic E-state index is 0.0707. The third-order valence-electron chi connectivity index (χ3n) is 7.77. The van der Waals surface area contributed by atoms with Crippen LogP contribution in [-0.2, 0) is 6.42 Å². The largest absolute Gasteiger partial charge is 0.396 e. The Kier molecular flexibility index (Phi) is 7.59. The van der Waals surface area contributed by atoms with E-state index >= 15 is 0 Å². The van der Waals surface area contributed by atoms with E-state index in [2.05, 4.69) is 9.88 Å². The van der Waals surface area contributed by atoms with Gasteiger partial charge in [-0.2, -0.15) is 0 Å². The van der Waals surface area contributed by atoms with Crippen molar-refractivity contribution in [2.75, 3.05) is 32.8 Å². The number of fused-ring (bicyclic) bond motifs is 1. The molecule has 0 bridgehead atoms. The zero-order chi connectivity index (χ0) is 24.4. The average Bonchev–Trinajstić information content (AvgIpc) is 2.90. The van der Waals surface area contributed by atoms with Gasteiger partial charge in [-0.3, -0.25) is 14.7 Å². The van der Waals surface area contributed by atoms with Crippen molar-refractivity contribution in [3.63, 3.8) is 0 Å². The van der Waals surface area contributed by atoms with Crippen molar-refractivity contribution in [2.45, 2.75) is 31.7 Å². The molecule has 2 atom stereocenters. The van der Waals surface area contributed by atoms with E-state index in [9.17, 15) is 9.90 Å². The number of piperidine rings is 2. The summed E-state index contributed by atoms with van der Waals surface area (Å²) in [5.74, 6) is 0.731. The maximum atomic E-state index is 13.3. The van der Waals surface area contributed by atoms with Crippen molar-refractivity contribution >= 4 is 40.0 Å². The summed E-state index contributed by atoms with van der Waals surface area (Å²) >= 11 is 12.3. The van der Waals surface area contributed by atoms with Crippen molar-refractivity contribution in [1.29, 1.82) is 0 Å². The predicted octanol–water partition coefficient (Wildman–Crippen LogP) is 5.32. The van der Waals surface area contributed by atoms with Crippen molar-refractivity contribution < 1.29 is 9.90 Å². The first kappa shape index (κ1) is 24.5. The Hall–Kier alpha value is -2.18. The summed E-state index contributed by atoms with van der Waals surface area (Å²) < 4.78 is 0. The molecule has 1 amide bonds. The number of aliphatic hydroxyl groups excluding tert-OH is 1. The third kappa shape index (κ3) is 5.34. The normalized spacial score (nSPS) is 22.0. The van der Waals surface area contributed by atoms with E-state index in [0.29, 0.717) is 27.6 Å². The lowest BCUT2D eigenvalue weighted by atomic mass is 9.80. The van der Waals surface area contributed by atoms with Crippen molar-refractivity contribution in [1.82, 2.24) is 14.8 Å². The zero-order valence-corrected chi connectivity index (χ0v) is 21.3. The molecule has 2 aromatic carbocycles. The number of pyridine rings is 1. The number of nitrogens with zero attached hydrogens (tertiary/aromatic N) is 3. The summed E-state index contributed by atoms with van der Waals surface area (Å²) in [6, 6.07) is 16.0. The Morgan fingerprint density at radius 2 is 1.77 bits per heavy atom. The number of aliphatic hydroxyl groups is 1. The number of benzene rings is 2. The summed E-state index contributed by atoms with van der Waals surface area (Å²) in [5.41, 5.74) is 2.63. The summed E-state index contributed by atoms with van der Waals surface area (Å²) in [5, 5.41) is 12.3. The van der Waals surface area contributed by atoms with Crippen LogP contribution in [0.15, 0.2) is 54.7 Å². The number of amides is 1. The fraction of sp³-hybridized carbons (Fsp3) is 0.429. The van der Waals surface area contributed by atoms with Gasteiger partial charge in [0, 0.05) is 43.9 Å². The highest BCUT2D eigenvalue weighted by atomic mass is 35.5. The molecule has 1 aromatic heterocycles. The number of carbonyl (C=O) groups excluding carboxylic acids is 1. The molecule has 2 aliphatic heterocycles. The van der Waals surface area contributed by atoms with Crippen LogP contribution in [0.25, 0.3) is 10.9 Å². The molecule has 35 heavy (non-hydrogen) atoms. The molecule has 0 unspecified atom stereocenters. The van der Waals surface area contributed by atoms with Gasteiger partial charge in [0.05, 0.1) is 21.1 Å². The number of aromatic nitrogens is 1. The lowest BCUT2D eigenvalue weighted by Crippen LogP contribution is -2.52. The molecule has 2 saturated heterocycles. The van der Waals surface area contributed by atoms with Gasteiger partial charge in [-0.15, -0.1) is 0 Å². The monoisotopic (exact) mass is 511 g/mol. The molecule has 2 fully saturated rings. The fourth-order valence-electron chi connectivity index (χ4n) is 5.77. The molecule has 0 radical (unpaired) electrons. The molecular weight excluding hydrogens is 481 g/mol. The topological polar surface area (TPSA) is 56.7 Å². The van der Waals surface area contributed by atoms with Crippen LogP contribution in [0, 0.1) is 11.8 Å². The number of para-hydroxylation sites is 1. The van der Waals surface area contributed by atoms with E-state index in [-0.39, 0.29) is 18.4 Å². The zero-order valence-electron chi connectivity index (χ0n) is 19.7. The van der Waals surface area contributed by atoms with Crippen LogP contribution >= 0.6 is 23.2 Å². The second-order valence-electron chi connectivity index (χ2n) is 9.84. The maximum absolute atomic E-state index is 13.3. The van der Waals surface area contributed by atoms with Crippen LogP contribution in [0.3, 0.4) is 0 Å². The summed E-state index contributed by atoms with van der Waals surface area (Å²) in [7, 11) is 0. The van der Waals surface area contributed by atoms with Gasteiger partial charge in [0.15, 0.2) is 0 Å². The van der Waals surface area contributed by atoms with E-state index < -0.39 is 0 Å². The quantitative estimate of drug-likeness (QED) is 0.503. The molecule has 1 N–H and O–H groups in total. The first-order chi connectivity index (χ1) is 17.0. The highest BCUT2D eigenvalue weighted by molar-refractivity contribution is 6.42. The number of halogens is 2. The number of hydrogen-bond donors (Lipinski definition) is 1. The fourth-order valence-corrected chi connectivity index (χ4v) is 6.09. The number of rotatable bonds is 5. The SMILES string of the molecule is O=C(c1cccc2cccnc12)N1CCC(N2CC[C@H](Cc3ccc(Cl)c(Cl)c3)[C@H](CO)C2)CC1. The van der Waals surface area contributed by atoms with Gasteiger partial charge in [-0.25, -0.2) is 0 Å². The molecule has 0 saturated carbocycles. The van der Waals surface area contributed by atoms with Crippen LogP contribution < -0.4 is 0 Å². The van der Waals surface area contributed by atoms with Gasteiger partial charge < -0.3 is 10.0 Å². The second kappa shape index (κ2) is 10.8. The number of likely N-dealkylation sites (tertiary alicyclic amines) is 2. The smallest absolute Gasteiger partial charge is 0.256 e. The van der Waals surface area contributed by atoms with Gasteiger partial charge >= 0.3 is 0 Å². The number of hydrogen-bond acceptors (Lipinski definition) is 4. The molecular formula is C28H31Cl2N3O2. The minimum absolute atomic E-state index is 0.0707. The predicted molar refractivity (Wildman–Crippen MR) is 141 cm³/mol. The Bertz CT molecular complexity index is 1190. The van der Waals surface area contributed by atoms with Crippen molar-refractivity contribution in [3.05, 3.63) is 75.9 Å². The molecule has 184 valence electrons. The molecule has 3 heterocycles. The Labute approximate surface area is 216 Å². The van der Waals surface area contributed by atoms with Gasteiger partial charge in [0.2, 0.25) is 0 Å². The van der Waals surface area contributed by atoms with E-state index in [0.717, 1.165) is 62.8 Å². The highest BCUT2D eigenvalue weighted by Gasteiger charge is 2.34. The van der Waals surface area contributed by atoms with E-state index in [1.807, 2.05) is 53.4 Å². The minimum Gasteiger partial charge on any atom is -0.396 e. The number of carbonyl (C=O) groups is 1. The first-order valence-electron chi connectivity index (χ1n) is 12.5. The summed E-state index contributed by atoms with van der Waals surface area (Å²) in [4.78, 5) is 22.2. The summed E-state index contributed by atoms with van der Waals surface area (Å²) in [6.07, 6.45) is 5.61. The average molecular weight is 512 g/mol. The Balaban J connectivity index is 1.18. The summed E-state index contributed by atoms with van der Waals surface area (Å²) in [6.45, 7) is 3.61. The maximum Gasteiger partial charge on any atom is 0.256 e. The molecule has 3 aromatic rings. The van der Waals surface area contributed by atoms with Crippen molar-refractivity contribution in [2.24, 2.45) is 11.8 Å². The van der Waals surface area contributed by atoms with Crippen molar-refractivity contribution in [3.8, 4) is 0 Å². The van der Waals surface area contributed by atoms with Crippen LogP contribution in [-0.4, -0.2) is 64.6 Å². The molecule has 0 spiro atoms. The van der Waals surface area contributed by atoms with E-state index in [4.69, 9.17) is 23.2 Å². The standard InChI is InChI=1S/C28H31Cl2N3O2/c29-25-7-6-19(16-26(25)30)15-21-8-12-33(17-22(21)18-34)23-9-13-32(14-10-23)28(35)24-5-1-3-20-4-2-11-31-27(20)24/h1-7,11,16,21-23,34H,8-10,12-15,17-18H2/t21-,22+/m1/s1. The van der Waals surface area contributed by atoms with Crippen LogP contribution in [0.4, 0.5) is 0 Å². The molecule has 0 aliphatic carbocycles. The molecule has 5 rings (SSSR count). The van der Waals surface area contributed by atoms with Gasteiger partial charge in [-0.05, 0) is 73.9 Å².